The number of rotatable bonds is 7. The average Bonchev–Trinajstić information content (AvgIpc) is 2.79. The van der Waals surface area contributed by atoms with Crippen molar-refractivity contribution in [3.05, 3.63) is 72.8 Å². The van der Waals surface area contributed by atoms with Crippen LogP contribution in [0.25, 0.3) is 0 Å². The smallest absolute Gasteiger partial charge is 0.336 e. The minimum Gasteiger partial charge on any atom is -0.488 e. The van der Waals surface area contributed by atoms with Crippen LogP contribution in [-0.2, 0) is 19.1 Å². The number of hydrogen-bond acceptors (Lipinski definition) is 9. The Morgan fingerprint density at radius 2 is 1.59 bits per heavy atom. The van der Waals surface area contributed by atoms with E-state index < -0.39 is 28.7 Å². The number of hydrogen-bond donors (Lipinski definition) is 2. The monoisotopic (exact) mass is 440 g/mol. The van der Waals surface area contributed by atoms with Gasteiger partial charge in [-0.1, -0.05) is 12.1 Å². The number of allylic oxidation sites excluding steroid dienone is 2. The number of methoxy groups -OCH3 is 2. The first-order valence-electron chi connectivity index (χ1n) is 9.93. The van der Waals surface area contributed by atoms with Crippen LogP contribution >= 0.6 is 0 Å². The van der Waals surface area contributed by atoms with Crippen LogP contribution in [0.5, 0.6) is 5.75 Å². The van der Waals surface area contributed by atoms with E-state index in [1.54, 1.807) is 45.0 Å². The third-order valence-corrected chi connectivity index (χ3v) is 5.22. The highest BCUT2D eigenvalue weighted by atomic mass is 16.5. The van der Waals surface area contributed by atoms with Crippen molar-refractivity contribution in [1.29, 1.82) is 0 Å². The van der Waals surface area contributed by atoms with Crippen molar-refractivity contribution >= 4 is 23.3 Å². The van der Waals surface area contributed by atoms with E-state index in [4.69, 9.17) is 14.2 Å². The predicted molar refractivity (Wildman–Crippen MR) is 118 cm³/mol. The third kappa shape index (κ3) is 3.89. The van der Waals surface area contributed by atoms with Gasteiger partial charge in [-0.25, -0.2) is 9.59 Å². The van der Waals surface area contributed by atoms with Crippen molar-refractivity contribution in [2.24, 2.45) is 0 Å². The van der Waals surface area contributed by atoms with E-state index >= 15 is 0 Å². The van der Waals surface area contributed by atoms with Crippen LogP contribution < -0.4 is 26.2 Å². The Morgan fingerprint density at radius 1 is 1.00 bits per heavy atom. The summed E-state index contributed by atoms with van der Waals surface area (Å²) in [6.45, 7) is 5.39. The molecule has 2 aromatic rings. The maximum absolute atomic E-state index is 12.6. The summed E-state index contributed by atoms with van der Waals surface area (Å²) < 4.78 is 15.2. The van der Waals surface area contributed by atoms with E-state index in [-0.39, 0.29) is 29.2 Å². The Morgan fingerprint density at radius 3 is 2.12 bits per heavy atom. The Hall–Kier alpha value is -3.88. The zero-order chi connectivity index (χ0) is 23.6. The van der Waals surface area contributed by atoms with Gasteiger partial charge in [0.25, 0.3) is 10.9 Å². The van der Waals surface area contributed by atoms with Gasteiger partial charge in [-0.15, -0.1) is 0 Å². The minimum atomic E-state index is -0.767. The van der Waals surface area contributed by atoms with Gasteiger partial charge in [-0.2, -0.15) is 0 Å². The summed E-state index contributed by atoms with van der Waals surface area (Å²) >= 11 is 0. The highest BCUT2D eigenvalue weighted by Crippen LogP contribution is 2.40. The molecule has 0 unspecified atom stereocenters. The molecule has 32 heavy (non-hydrogen) atoms. The lowest BCUT2D eigenvalue weighted by Gasteiger charge is -2.30. The number of nitrogens with one attached hydrogen (secondary N) is 2. The summed E-state index contributed by atoms with van der Waals surface area (Å²) in [6, 6.07) is 6.84. The first kappa shape index (κ1) is 22.8. The van der Waals surface area contributed by atoms with Crippen molar-refractivity contribution < 1.29 is 23.8 Å². The standard InChI is InChI=1S/C23H24N2O7/c1-6-32-21-18(19(26)20(21)27)25-14-9-7-8-13(10-14)17-15(22(28)30-4)11(2)24-12(3)16(17)23(29)31-5/h7-10,17,24-25H,6H2,1-5H3. The van der Waals surface area contributed by atoms with Crippen LogP contribution in [0, 0.1) is 0 Å². The number of anilines is 2. The minimum absolute atomic E-state index is 0.0123. The van der Waals surface area contributed by atoms with Crippen LogP contribution in [-0.4, -0.2) is 32.8 Å². The SMILES string of the molecule is CCOc1c(Nc2cccc(C3C(C(=O)OC)=C(C)NC(C)=C3C(=O)OC)c2)c(=O)c1=O. The Kier molecular flexibility index (Phi) is 6.47. The van der Waals surface area contributed by atoms with Gasteiger partial charge in [0.05, 0.1) is 37.9 Å². The van der Waals surface area contributed by atoms with E-state index in [1.807, 2.05) is 0 Å². The highest BCUT2D eigenvalue weighted by molar-refractivity contribution is 5.99. The van der Waals surface area contributed by atoms with Gasteiger partial charge in [0.15, 0.2) is 5.75 Å². The first-order valence-corrected chi connectivity index (χ1v) is 9.93. The summed E-state index contributed by atoms with van der Waals surface area (Å²) in [5.41, 5.74) is 1.42. The third-order valence-electron chi connectivity index (χ3n) is 5.22. The molecule has 0 aromatic heterocycles. The van der Waals surface area contributed by atoms with Crippen LogP contribution in [0.1, 0.15) is 32.3 Å². The van der Waals surface area contributed by atoms with Crippen LogP contribution in [0.15, 0.2) is 56.4 Å². The van der Waals surface area contributed by atoms with Crippen LogP contribution in [0.4, 0.5) is 11.4 Å². The van der Waals surface area contributed by atoms with E-state index in [0.29, 0.717) is 22.6 Å². The van der Waals surface area contributed by atoms with Gasteiger partial charge in [0.2, 0.25) is 0 Å². The summed E-state index contributed by atoms with van der Waals surface area (Å²) in [5, 5.41) is 5.96. The number of dihydropyridines is 1. The van der Waals surface area contributed by atoms with E-state index in [2.05, 4.69) is 10.6 Å². The molecule has 0 saturated carbocycles. The van der Waals surface area contributed by atoms with E-state index in [0.717, 1.165) is 0 Å². The van der Waals surface area contributed by atoms with Gasteiger partial charge in [-0.3, -0.25) is 9.59 Å². The zero-order valence-electron chi connectivity index (χ0n) is 18.5. The fraction of sp³-hybridized carbons (Fsp3) is 0.304. The summed E-state index contributed by atoms with van der Waals surface area (Å²) in [7, 11) is 2.53. The molecule has 1 heterocycles. The molecule has 0 spiro atoms. The van der Waals surface area contributed by atoms with Gasteiger partial charge in [0.1, 0.15) is 5.69 Å². The fourth-order valence-corrected chi connectivity index (χ4v) is 3.80. The molecular formula is C23H24N2O7. The summed E-state index contributed by atoms with van der Waals surface area (Å²) in [5.74, 6) is -1.96. The topological polar surface area (TPSA) is 120 Å². The molecule has 1 aliphatic heterocycles. The molecule has 3 rings (SSSR count). The van der Waals surface area contributed by atoms with Crippen molar-refractivity contribution in [2.75, 3.05) is 26.1 Å². The van der Waals surface area contributed by atoms with Crippen molar-refractivity contribution in [1.82, 2.24) is 5.32 Å². The number of benzene rings is 1. The summed E-state index contributed by atoms with van der Waals surface area (Å²) in [4.78, 5) is 49.0. The fourth-order valence-electron chi connectivity index (χ4n) is 3.80. The molecule has 9 heteroatoms. The molecule has 2 N–H and O–H groups in total. The molecule has 0 radical (unpaired) electrons. The average molecular weight is 440 g/mol. The van der Waals surface area contributed by atoms with Gasteiger partial charge < -0.3 is 24.8 Å². The Balaban J connectivity index is 2.09. The summed E-state index contributed by atoms with van der Waals surface area (Å²) in [6.07, 6.45) is 0. The van der Waals surface area contributed by atoms with Crippen LogP contribution in [0.3, 0.4) is 0 Å². The number of carbonyl (C=O) groups excluding carboxylic acids is 2. The normalized spacial score (nSPS) is 14.3. The second-order valence-electron chi connectivity index (χ2n) is 7.16. The molecule has 0 atom stereocenters. The van der Waals surface area contributed by atoms with Crippen LogP contribution in [0.2, 0.25) is 0 Å². The molecule has 168 valence electrons. The van der Waals surface area contributed by atoms with Crippen molar-refractivity contribution in [3.63, 3.8) is 0 Å². The van der Waals surface area contributed by atoms with Gasteiger partial charge >= 0.3 is 11.9 Å². The maximum Gasteiger partial charge on any atom is 0.336 e. The lowest BCUT2D eigenvalue weighted by molar-refractivity contribution is -0.137. The molecule has 2 aromatic carbocycles. The largest absolute Gasteiger partial charge is 0.488 e. The Labute approximate surface area is 184 Å². The predicted octanol–water partition coefficient (Wildman–Crippen LogP) is 2.01. The van der Waals surface area contributed by atoms with Gasteiger partial charge in [0, 0.05) is 17.1 Å². The van der Waals surface area contributed by atoms with Gasteiger partial charge in [-0.05, 0) is 38.5 Å². The van der Waals surface area contributed by atoms with E-state index in [9.17, 15) is 19.2 Å². The molecule has 1 aliphatic rings. The molecule has 9 nitrogen and oxygen atoms in total. The number of carbonyl (C=O) groups is 2. The maximum atomic E-state index is 12.6. The lowest BCUT2D eigenvalue weighted by atomic mass is 9.80. The molecular weight excluding hydrogens is 416 g/mol. The molecule has 0 saturated heterocycles. The zero-order valence-corrected chi connectivity index (χ0v) is 18.5. The Bertz CT molecular complexity index is 1180. The molecule has 0 bridgehead atoms. The first-order chi connectivity index (χ1) is 15.2. The second-order valence-corrected chi connectivity index (χ2v) is 7.16. The van der Waals surface area contributed by atoms with E-state index in [1.165, 1.54) is 14.2 Å². The molecule has 0 fully saturated rings. The highest BCUT2D eigenvalue weighted by Gasteiger charge is 2.37. The molecule has 0 aliphatic carbocycles. The quantitative estimate of drug-likeness (QED) is 0.492. The number of esters is 2. The number of ether oxygens (including phenoxy) is 3. The van der Waals surface area contributed by atoms with Crippen molar-refractivity contribution in [2.45, 2.75) is 26.7 Å². The lowest BCUT2D eigenvalue weighted by Crippen LogP contribution is -2.35. The second kappa shape index (κ2) is 9.09. The molecule has 0 amide bonds. The van der Waals surface area contributed by atoms with Crippen molar-refractivity contribution in [3.8, 4) is 5.75 Å².